The lowest BCUT2D eigenvalue weighted by Crippen LogP contribution is -2.17. The molecule has 70 valence electrons. The van der Waals surface area contributed by atoms with Crippen LogP contribution in [0.2, 0.25) is 0 Å². The molecule has 0 spiro atoms. The molecule has 0 bridgehead atoms. The van der Waals surface area contributed by atoms with E-state index in [1.807, 2.05) is 5.38 Å². The van der Waals surface area contributed by atoms with Crippen LogP contribution in [0.25, 0.3) is 0 Å². The predicted octanol–water partition coefficient (Wildman–Crippen LogP) is 3.12. The van der Waals surface area contributed by atoms with Crippen LogP contribution in [0.5, 0.6) is 0 Å². The summed E-state index contributed by atoms with van der Waals surface area (Å²) in [6.07, 6.45) is 7.01. The highest BCUT2D eigenvalue weighted by molar-refractivity contribution is 9.10. The van der Waals surface area contributed by atoms with Gasteiger partial charge in [0.25, 0.3) is 0 Å². The normalized spacial score (nSPS) is 12.1. The molecule has 0 fully saturated rings. The fourth-order valence-electron chi connectivity index (χ4n) is 0.935. The molecule has 0 amide bonds. The molecule has 0 aliphatic heterocycles. The molecular weight excluding hydrogens is 248 g/mol. The van der Waals surface area contributed by atoms with Crippen molar-refractivity contribution in [3.8, 4) is 12.3 Å². The summed E-state index contributed by atoms with van der Waals surface area (Å²) in [5.41, 5.74) is 0. The number of anilines is 1. The average Bonchev–Trinajstić information content (AvgIpc) is 2.50. The summed E-state index contributed by atoms with van der Waals surface area (Å²) in [5, 5.41) is 6.16. The number of nitrogens with zero attached hydrogens (tertiary/aromatic N) is 1. The van der Waals surface area contributed by atoms with E-state index < -0.39 is 0 Å². The lowest BCUT2D eigenvalue weighted by atomic mass is 10.2. The predicted molar refractivity (Wildman–Crippen MR) is 61.0 cm³/mol. The van der Waals surface area contributed by atoms with Crippen LogP contribution in [0.3, 0.4) is 0 Å². The second-order valence-electron chi connectivity index (χ2n) is 2.63. The number of rotatable bonds is 4. The van der Waals surface area contributed by atoms with Gasteiger partial charge in [0, 0.05) is 17.8 Å². The first-order valence-corrected chi connectivity index (χ1v) is 5.74. The van der Waals surface area contributed by atoms with Crippen LogP contribution in [0, 0.1) is 12.3 Å². The topological polar surface area (TPSA) is 24.9 Å². The van der Waals surface area contributed by atoms with E-state index in [1.165, 1.54) is 0 Å². The minimum absolute atomic E-state index is 0.336. The van der Waals surface area contributed by atoms with Gasteiger partial charge >= 0.3 is 0 Å². The summed E-state index contributed by atoms with van der Waals surface area (Å²) in [7, 11) is 0. The number of halogens is 1. The van der Waals surface area contributed by atoms with Gasteiger partial charge in [-0.2, -0.15) is 0 Å². The maximum atomic E-state index is 5.25. The van der Waals surface area contributed by atoms with Crippen molar-refractivity contribution >= 4 is 32.4 Å². The zero-order valence-electron chi connectivity index (χ0n) is 7.38. The number of aromatic nitrogens is 1. The van der Waals surface area contributed by atoms with E-state index in [4.69, 9.17) is 6.42 Å². The third-order valence-electron chi connectivity index (χ3n) is 1.66. The number of terminal acetylenes is 1. The van der Waals surface area contributed by atoms with Gasteiger partial charge < -0.3 is 5.32 Å². The first kappa shape index (κ1) is 10.6. The molecule has 1 rings (SSSR count). The van der Waals surface area contributed by atoms with E-state index in [0.717, 1.165) is 22.6 Å². The van der Waals surface area contributed by atoms with Crippen molar-refractivity contribution in [3.63, 3.8) is 0 Å². The van der Waals surface area contributed by atoms with Crippen LogP contribution < -0.4 is 5.32 Å². The Balaban J connectivity index is 2.52. The standard InChI is InChI=1S/C9H11BrN2S/c1-3-5-7(4-2)11-9-12-8(10)6-13-9/h1,6-7H,4-5H2,2H3,(H,11,12). The van der Waals surface area contributed by atoms with Crippen molar-refractivity contribution in [3.05, 3.63) is 9.98 Å². The molecule has 0 aliphatic rings. The molecule has 4 heteroatoms. The van der Waals surface area contributed by atoms with Crippen molar-refractivity contribution < 1.29 is 0 Å². The quantitative estimate of drug-likeness (QED) is 0.840. The summed E-state index contributed by atoms with van der Waals surface area (Å²) in [6, 6.07) is 0.336. The summed E-state index contributed by atoms with van der Waals surface area (Å²) >= 11 is 4.88. The number of hydrogen-bond donors (Lipinski definition) is 1. The molecule has 1 atom stereocenters. The lowest BCUT2D eigenvalue weighted by molar-refractivity contribution is 0.714. The Morgan fingerprint density at radius 1 is 1.85 bits per heavy atom. The Morgan fingerprint density at radius 2 is 2.62 bits per heavy atom. The van der Waals surface area contributed by atoms with Crippen molar-refractivity contribution in [2.75, 3.05) is 5.32 Å². The van der Waals surface area contributed by atoms with E-state index in [0.29, 0.717) is 6.04 Å². The van der Waals surface area contributed by atoms with E-state index in [9.17, 15) is 0 Å². The zero-order chi connectivity index (χ0) is 9.68. The van der Waals surface area contributed by atoms with E-state index in [-0.39, 0.29) is 0 Å². The smallest absolute Gasteiger partial charge is 0.183 e. The highest BCUT2D eigenvalue weighted by atomic mass is 79.9. The third kappa shape index (κ3) is 3.37. The van der Waals surface area contributed by atoms with Gasteiger partial charge in [-0.3, -0.25) is 0 Å². The Morgan fingerprint density at radius 3 is 3.08 bits per heavy atom. The Labute approximate surface area is 90.9 Å². The fourth-order valence-corrected chi connectivity index (χ4v) is 2.16. The molecule has 1 unspecified atom stereocenters. The van der Waals surface area contributed by atoms with E-state index in [2.05, 4.69) is 39.1 Å². The molecule has 1 aromatic rings. The fraction of sp³-hybridized carbons (Fsp3) is 0.444. The first-order chi connectivity index (χ1) is 6.26. The van der Waals surface area contributed by atoms with Gasteiger partial charge in [-0.05, 0) is 22.4 Å². The molecule has 0 aliphatic carbocycles. The molecule has 0 saturated heterocycles. The third-order valence-corrected chi connectivity index (χ3v) is 3.14. The SMILES string of the molecule is C#CCC(CC)Nc1nc(Br)cs1. The molecule has 1 N–H and O–H groups in total. The molecule has 2 nitrogen and oxygen atoms in total. The molecule has 1 aromatic heterocycles. The van der Waals surface area contributed by atoms with Crippen LogP contribution >= 0.6 is 27.3 Å². The molecule has 13 heavy (non-hydrogen) atoms. The summed E-state index contributed by atoms with van der Waals surface area (Å²) < 4.78 is 0.871. The Hall–Kier alpha value is -0.530. The number of thiazole rings is 1. The zero-order valence-corrected chi connectivity index (χ0v) is 9.78. The van der Waals surface area contributed by atoms with E-state index >= 15 is 0 Å². The van der Waals surface area contributed by atoms with Crippen molar-refractivity contribution in [2.24, 2.45) is 0 Å². The van der Waals surface area contributed by atoms with E-state index in [1.54, 1.807) is 11.3 Å². The maximum Gasteiger partial charge on any atom is 0.183 e. The molecule has 0 saturated carbocycles. The maximum absolute atomic E-state index is 5.25. The van der Waals surface area contributed by atoms with Gasteiger partial charge in [0.15, 0.2) is 5.13 Å². The van der Waals surface area contributed by atoms with Crippen LogP contribution in [-0.2, 0) is 0 Å². The number of hydrogen-bond acceptors (Lipinski definition) is 3. The minimum Gasteiger partial charge on any atom is -0.358 e. The van der Waals surface area contributed by atoms with Crippen LogP contribution in [0.15, 0.2) is 9.98 Å². The second-order valence-corrected chi connectivity index (χ2v) is 4.30. The van der Waals surface area contributed by atoms with Crippen molar-refractivity contribution in [1.29, 1.82) is 0 Å². The van der Waals surface area contributed by atoms with Crippen LogP contribution in [-0.4, -0.2) is 11.0 Å². The van der Waals surface area contributed by atoms with Gasteiger partial charge in [0.05, 0.1) is 0 Å². The number of nitrogens with one attached hydrogen (secondary N) is 1. The lowest BCUT2D eigenvalue weighted by Gasteiger charge is -2.12. The van der Waals surface area contributed by atoms with Crippen LogP contribution in [0.1, 0.15) is 19.8 Å². The Kier molecular flexibility index (Phi) is 4.26. The van der Waals surface area contributed by atoms with Gasteiger partial charge in [0.1, 0.15) is 4.60 Å². The Bertz CT molecular complexity index is 303. The highest BCUT2D eigenvalue weighted by Gasteiger charge is 2.06. The van der Waals surface area contributed by atoms with Crippen molar-refractivity contribution in [1.82, 2.24) is 4.98 Å². The second kappa shape index (κ2) is 5.25. The first-order valence-electron chi connectivity index (χ1n) is 4.07. The average molecular weight is 259 g/mol. The summed E-state index contributed by atoms with van der Waals surface area (Å²) in [4.78, 5) is 4.24. The monoisotopic (exact) mass is 258 g/mol. The van der Waals surface area contributed by atoms with Crippen LogP contribution in [0.4, 0.5) is 5.13 Å². The van der Waals surface area contributed by atoms with Gasteiger partial charge in [-0.25, -0.2) is 4.98 Å². The molecule has 0 aromatic carbocycles. The molecular formula is C9H11BrN2S. The van der Waals surface area contributed by atoms with Crippen molar-refractivity contribution in [2.45, 2.75) is 25.8 Å². The largest absolute Gasteiger partial charge is 0.358 e. The summed E-state index contributed by atoms with van der Waals surface area (Å²) in [5.74, 6) is 2.65. The molecule has 0 radical (unpaired) electrons. The minimum atomic E-state index is 0.336. The van der Waals surface area contributed by atoms with Gasteiger partial charge in [-0.1, -0.05) is 6.92 Å². The molecule has 1 heterocycles. The van der Waals surface area contributed by atoms with Gasteiger partial charge in [0.2, 0.25) is 0 Å². The van der Waals surface area contributed by atoms with Gasteiger partial charge in [-0.15, -0.1) is 23.7 Å². The summed E-state index contributed by atoms with van der Waals surface area (Å²) in [6.45, 7) is 2.11. The highest BCUT2D eigenvalue weighted by Crippen LogP contribution is 2.20.